The summed E-state index contributed by atoms with van der Waals surface area (Å²) in [7, 11) is 0. The Hall–Kier alpha value is -1.90. The lowest BCUT2D eigenvalue weighted by atomic mass is 9.73. The summed E-state index contributed by atoms with van der Waals surface area (Å²) >= 11 is 0. The molecular formula is C18H23NO2. The van der Waals surface area contributed by atoms with Crippen LogP contribution in [-0.2, 0) is 4.79 Å². The topological polar surface area (TPSA) is 49.7 Å². The first-order valence-electron chi connectivity index (χ1n) is 7.43. The summed E-state index contributed by atoms with van der Waals surface area (Å²) in [6.07, 6.45) is 1.61. The number of nitrogens with zero attached hydrogens (tertiary/aromatic N) is 1. The number of hydrogen-bond acceptors (Lipinski definition) is 3. The quantitative estimate of drug-likeness (QED) is 0.633. The number of allylic oxidation sites excluding steroid dienone is 2. The summed E-state index contributed by atoms with van der Waals surface area (Å²) < 4.78 is 0. The van der Waals surface area contributed by atoms with Crippen LogP contribution in [0.1, 0.15) is 45.6 Å². The first-order chi connectivity index (χ1) is 9.84. The van der Waals surface area contributed by atoms with Gasteiger partial charge in [0.2, 0.25) is 0 Å². The molecule has 1 fully saturated rings. The molecule has 1 N–H and O–H groups in total. The molecule has 1 aromatic carbocycles. The van der Waals surface area contributed by atoms with Gasteiger partial charge in [-0.25, -0.2) is 0 Å². The fraction of sp³-hybridized carbons (Fsp3) is 0.444. The molecule has 2 rings (SSSR count). The second kappa shape index (κ2) is 5.84. The van der Waals surface area contributed by atoms with Crippen molar-refractivity contribution in [3.8, 4) is 0 Å². The minimum Gasteiger partial charge on any atom is -0.512 e. The molecule has 21 heavy (non-hydrogen) atoms. The van der Waals surface area contributed by atoms with Crippen LogP contribution in [0, 0.1) is 12.3 Å². The fourth-order valence-electron chi connectivity index (χ4n) is 2.72. The Morgan fingerprint density at radius 2 is 1.95 bits per heavy atom. The van der Waals surface area contributed by atoms with Crippen LogP contribution in [0.25, 0.3) is 0 Å². The highest BCUT2D eigenvalue weighted by Crippen LogP contribution is 2.36. The first kappa shape index (κ1) is 15.5. The summed E-state index contributed by atoms with van der Waals surface area (Å²) in [6.45, 7) is 7.98. The van der Waals surface area contributed by atoms with Gasteiger partial charge < -0.3 is 5.11 Å². The summed E-state index contributed by atoms with van der Waals surface area (Å²) in [6, 6.07) is 7.84. The molecule has 3 heteroatoms. The molecule has 1 aromatic rings. The van der Waals surface area contributed by atoms with E-state index in [1.165, 1.54) is 0 Å². The van der Waals surface area contributed by atoms with Gasteiger partial charge in [0, 0.05) is 12.8 Å². The minimum absolute atomic E-state index is 0.00191. The molecule has 3 nitrogen and oxygen atoms in total. The Kier molecular flexibility index (Phi) is 4.31. The van der Waals surface area contributed by atoms with Gasteiger partial charge >= 0.3 is 0 Å². The van der Waals surface area contributed by atoms with Crippen molar-refractivity contribution in [2.24, 2.45) is 10.4 Å². The summed E-state index contributed by atoms with van der Waals surface area (Å²) in [5, 5.41) is 10.1. The summed E-state index contributed by atoms with van der Waals surface area (Å²) in [5.41, 5.74) is 2.95. The molecule has 0 bridgehead atoms. The van der Waals surface area contributed by atoms with Gasteiger partial charge in [0.25, 0.3) is 0 Å². The average molecular weight is 285 g/mol. The summed E-state index contributed by atoms with van der Waals surface area (Å²) in [4.78, 5) is 17.1. The number of Topliss-reactive ketones (excluding diaryl/α,β-unsaturated/α-hetero) is 1. The molecule has 1 aliphatic carbocycles. The largest absolute Gasteiger partial charge is 0.512 e. The number of aliphatic hydroxyl groups is 1. The molecule has 0 saturated heterocycles. The molecule has 0 radical (unpaired) electrons. The monoisotopic (exact) mass is 285 g/mol. The van der Waals surface area contributed by atoms with Gasteiger partial charge in [-0.05, 0) is 30.4 Å². The number of aliphatic hydroxyl groups excluding tert-OH is 1. The molecule has 0 aromatic heterocycles. The maximum Gasteiger partial charge on any atom is 0.168 e. The maximum absolute atomic E-state index is 12.4. The third kappa shape index (κ3) is 3.41. The molecule has 1 aliphatic rings. The Bertz CT molecular complexity index is 624. The molecule has 0 heterocycles. The van der Waals surface area contributed by atoms with E-state index < -0.39 is 0 Å². The van der Waals surface area contributed by atoms with E-state index >= 15 is 0 Å². The number of aliphatic imine (C=N–C) groups is 1. The second-order valence-electron chi connectivity index (χ2n) is 6.46. The Morgan fingerprint density at radius 1 is 1.29 bits per heavy atom. The lowest BCUT2D eigenvalue weighted by molar-refractivity contribution is -0.117. The first-order valence-corrected chi connectivity index (χ1v) is 7.43. The number of carbonyl (C=O) groups excluding carboxylic acids is 1. The molecule has 112 valence electrons. The number of carbonyl (C=O) groups is 1. The van der Waals surface area contributed by atoms with Crippen LogP contribution in [-0.4, -0.2) is 16.6 Å². The van der Waals surface area contributed by atoms with E-state index in [-0.39, 0.29) is 17.0 Å². The van der Waals surface area contributed by atoms with Crippen LogP contribution in [0.5, 0.6) is 0 Å². The van der Waals surface area contributed by atoms with Crippen molar-refractivity contribution in [3.05, 3.63) is 41.2 Å². The van der Waals surface area contributed by atoms with Crippen LogP contribution in [0.4, 0.5) is 5.69 Å². The van der Waals surface area contributed by atoms with Gasteiger partial charge in [-0.15, -0.1) is 0 Å². The molecular weight excluding hydrogens is 262 g/mol. The number of aryl methyl sites for hydroxylation is 1. The highest BCUT2D eigenvalue weighted by atomic mass is 16.3. The zero-order valence-electron chi connectivity index (χ0n) is 13.2. The van der Waals surface area contributed by atoms with Crippen molar-refractivity contribution in [2.75, 3.05) is 0 Å². The van der Waals surface area contributed by atoms with Crippen LogP contribution in [0.3, 0.4) is 0 Å². The lowest BCUT2D eigenvalue weighted by Crippen LogP contribution is -2.32. The third-order valence-corrected chi connectivity index (χ3v) is 3.85. The SMILES string of the molecule is CC/C(O)=C1/C(=O)CC(C)(C)CC1=Nc1ccccc1C. The van der Waals surface area contributed by atoms with E-state index in [2.05, 4.69) is 13.8 Å². The number of rotatable bonds is 2. The number of hydrogen-bond donors (Lipinski definition) is 1. The number of ketones is 1. The lowest BCUT2D eigenvalue weighted by Gasteiger charge is -2.31. The highest BCUT2D eigenvalue weighted by molar-refractivity contribution is 6.25. The van der Waals surface area contributed by atoms with Crippen molar-refractivity contribution >= 4 is 17.2 Å². The van der Waals surface area contributed by atoms with Gasteiger partial charge in [0.05, 0.1) is 17.0 Å². The molecule has 1 saturated carbocycles. The second-order valence-corrected chi connectivity index (χ2v) is 6.46. The minimum atomic E-state index is -0.115. The van der Waals surface area contributed by atoms with Gasteiger partial charge in [-0.3, -0.25) is 9.79 Å². The van der Waals surface area contributed by atoms with Crippen LogP contribution < -0.4 is 0 Å². The standard InChI is InChI=1S/C18H23NO2/c1-5-15(20)17-14(10-18(3,4)11-16(17)21)19-13-9-7-6-8-12(13)2/h6-9,20H,5,10-11H2,1-4H3/b17-15-,19-14?. The van der Waals surface area contributed by atoms with E-state index in [0.717, 1.165) is 11.3 Å². The molecule has 0 unspecified atom stereocenters. The molecule has 0 aliphatic heterocycles. The van der Waals surface area contributed by atoms with E-state index in [4.69, 9.17) is 4.99 Å². The van der Waals surface area contributed by atoms with Gasteiger partial charge in [-0.1, -0.05) is 39.0 Å². The third-order valence-electron chi connectivity index (χ3n) is 3.85. The number of benzene rings is 1. The number of para-hydroxylation sites is 1. The predicted molar refractivity (Wildman–Crippen MR) is 86.2 cm³/mol. The van der Waals surface area contributed by atoms with Crippen LogP contribution in [0.15, 0.2) is 40.6 Å². The van der Waals surface area contributed by atoms with Crippen molar-refractivity contribution < 1.29 is 9.90 Å². The van der Waals surface area contributed by atoms with E-state index in [0.29, 0.717) is 30.5 Å². The van der Waals surface area contributed by atoms with Gasteiger partial charge in [0.15, 0.2) is 5.78 Å². The van der Waals surface area contributed by atoms with Crippen molar-refractivity contribution in [1.82, 2.24) is 0 Å². The summed E-state index contributed by atoms with van der Waals surface area (Å²) in [5.74, 6) is 0.153. The molecule has 0 amide bonds. The average Bonchev–Trinajstić information content (AvgIpc) is 2.39. The van der Waals surface area contributed by atoms with Crippen molar-refractivity contribution in [1.29, 1.82) is 0 Å². The van der Waals surface area contributed by atoms with Crippen molar-refractivity contribution in [3.63, 3.8) is 0 Å². The highest BCUT2D eigenvalue weighted by Gasteiger charge is 2.36. The molecule has 0 atom stereocenters. The zero-order chi connectivity index (χ0) is 15.6. The van der Waals surface area contributed by atoms with Crippen LogP contribution >= 0.6 is 0 Å². The Morgan fingerprint density at radius 3 is 2.57 bits per heavy atom. The normalized spacial score (nSPS) is 22.5. The Balaban J connectivity index is 2.55. The van der Waals surface area contributed by atoms with Gasteiger partial charge in [0.1, 0.15) is 5.76 Å². The Labute approximate surface area is 126 Å². The van der Waals surface area contributed by atoms with E-state index in [1.807, 2.05) is 38.1 Å². The van der Waals surface area contributed by atoms with E-state index in [9.17, 15) is 9.90 Å². The zero-order valence-corrected chi connectivity index (χ0v) is 13.2. The van der Waals surface area contributed by atoms with E-state index in [1.54, 1.807) is 0 Å². The maximum atomic E-state index is 12.4. The van der Waals surface area contributed by atoms with Crippen LogP contribution in [0.2, 0.25) is 0 Å². The van der Waals surface area contributed by atoms with Crippen molar-refractivity contribution in [2.45, 2.75) is 47.0 Å². The fourth-order valence-corrected chi connectivity index (χ4v) is 2.72. The van der Waals surface area contributed by atoms with Gasteiger partial charge in [-0.2, -0.15) is 0 Å². The predicted octanol–water partition coefficient (Wildman–Crippen LogP) is 4.68. The smallest absolute Gasteiger partial charge is 0.168 e. The molecule has 0 spiro atoms.